The fourth-order valence-electron chi connectivity index (χ4n) is 2.09. The van der Waals surface area contributed by atoms with Crippen molar-refractivity contribution in [3.8, 4) is 0 Å². The van der Waals surface area contributed by atoms with E-state index in [9.17, 15) is 10.1 Å². The van der Waals surface area contributed by atoms with E-state index in [1.807, 2.05) is 0 Å². The molecule has 1 aromatic rings. The molecule has 0 aromatic heterocycles. The third-order valence-corrected chi connectivity index (χ3v) is 3.18. The largest absolute Gasteiger partial charge is 0.383 e. The van der Waals surface area contributed by atoms with Gasteiger partial charge in [0.2, 0.25) is 0 Å². The number of rotatable bonds is 5. The predicted octanol–water partition coefficient (Wildman–Crippen LogP) is 2.33. The second-order valence-electron chi connectivity index (χ2n) is 4.48. The number of nitro groups is 1. The zero-order chi connectivity index (χ0) is 13.7. The summed E-state index contributed by atoms with van der Waals surface area (Å²) in [6.07, 6.45) is 2.04. The van der Waals surface area contributed by atoms with Crippen LogP contribution in [0.1, 0.15) is 18.4 Å². The molecule has 6 heteroatoms. The Hall–Kier alpha value is -1.66. The number of anilines is 1. The maximum atomic E-state index is 10.8. The van der Waals surface area contributed by atoms with Gasteiger partial charge in [0.05, 0.1) is 17.6 Å². The fraction of sp³-hybridized carbons (Fsp3) is 0.538. The molecule has 0 radical (unpaired) electrons. The molecule has 104 valence electrons. The summed E-state index contributed by atoms with van der Waals surface area (Å²) in [5, 5.41) is 13.7. The molecule has 0 atom stereocenters. The summed E-state index contributed by atoms with van der Waals surface area (Å²) >= 11 is 0. The topological polar surface area (TPSA) is 73.6 Å². The summed E-state index contributed by atoms with van der Waals surface area (Å²) in [6, 6.07) is 5.00. The normalized spacial score (nSPS) is 16.3. The predicted molar refractivity (Wildman–Crippen MR) is 71.3 cm³/mol. The summed E-state index contributed by atoms with van der Waals surface area (Å²) < 4.78 is 11.1. The van der Waals surface area contributed by atoms with E-state index >= 15 is 0 Å². The number of benzene rings is 1. The van der Waals surface area contributed by atoms with Crippen LogP contribution in [0.15, 0.2) is 18.2 Å². The molecular formula is C13H18N2O4. The number of nitro benzene ring substituents is 1. The standard InChI is InChI=1S/C13H18N2O4/c1-14-12-8-10(2-3-13(12)15(16)17)9-19-11-4-6-18-7-5-11/h2-3,8,11,14H,4-7,9H2,1H3. The van der Waals surface area contributed by atoms with Gasteiger partial charge in [-0.15, -0.1) is 0 Å². The molecule has 1 fully saturated rings. The molecule has 0 bridgehead atoms. The summed E-state index contributed by atoms with van der Waals surface area (Å²) in [4.78, 5) is 10.4. The highest BCUT2D eigenvalue weighted by molar-refractivity contribution is 5.62. The Morgan fingerprint density at radius 1 is 1.47 bits per heavy atom. The van der Waals surface area contributed by atoms with Gasteiger partial charge in [0.25, 0.3) is 5.69 Å². The lowest BCUT2D eigenvalue weighted by Gasteiger charge is -2.22. The quantitative estimate of drug-likeness (QED) is 0.654. The van der Waals surface area contributed by atoms with Gasteiger partial charge in [-0.25, -0.2) is 0 Å². The van der Waals surface area contributed by atoms with E-state index in [4.69, 9.17) is 9.47 Å². The van der Waals surface area contributed by atoms with Crippen LogP contribution in [0.5, 0.6) is 0 Å². The monoisotopic (exact) mass is 266 g/mol. The van der Waals surface area contributed by atoms with Gasteiger partial charge in [-0.05, 0) is 30.5 Å². The minimum absolute atomic E-state index is 0.0808. The Kier molecular flexibility index (Phi) is 4.70. The maximum Gasteiger partial charge on any atom is 0.292 e. The van der Waals surface area contributed by atoms with Crippen LogP contribution in [-0.2, 0) is 16.1 Å². The molecule has 6 nitrogen and oxygen atoms in total. The van der Waals surface area contributed by atoms with Gasteiger partial charge >= 0.3 is 0 Å². The smallest absolute Gasteiger partial charge is 0.292 e. The molecule has 1 aliphatic rings. The molecule has 0 amide bonds. The first-order valence-electron chi connectivity index (χ1n) is 6.35. The molecule has 1 aromatic carbocycles. The van der Waals surface area contributed by atoms with E-state index in [2.05, 4.69) is 5.32 Å². The van der Waals surface area contributed by atoms with Gasteiger partial charge in [-0.3, -0.25) is 10.1 Å². The minimum Gasteiger partial charge on any atom is -0.383 e. The van der Waals surface area contributed by atoms with Gasteiger partial charge in [-0.2, -0.15) is 0 Å². The van der Waals surface area contributed by atoms with Gasteiger partial charge in [0.15, 0.2) is 0 Å². The summed E-state index contributed by atoms with van der Waals surface area (Å²) in [5.74, 6) is 0. The Morgan fingerprint density at radius 2 is 2.21 bits per heavy atom. The SMILES string of the molecule is CNc1cc(COC2CCOCC2)ccc1[N+](=O)[O-]. The van der Waals surface area contributed by atoms with Crippen LogP contribution in [0.4, 0.5) is 11.4 Å². The van der Waals surface area contributed by atoms with Crippen molar-refractivity contribution in [2.24, 2.45) is 0 Å². The molecule has 0 aliphatic carbocycles. The zero-order valence-electron chi connectivity index (χ0n) is 10.9. The molecule has 1 aliphatic heterocycles. The van der Waals surface area contributed by atoms with E-state index < -0.39 is 4.92 Å². The van der Waals surface area contributed by atoms with Crippen LogP contribution in [0.25, 0.3) is 0 Å². The Bertz CT molecular complexity index is 444. The van der Waals surface area contributed by atoms with Gasteiger partial charge in [0.1, 0.15) is 5.69 Å². The van der Waals surface area contributed by atoms with Crippen molar-refractivity contribution in [3.63, 3.8) is 0 Å². The number of nitrogens with one attached hydrogen (secondary N) is 1. The van der Waals surface area contributed by atoms with E-state index in [0.717, 1.165) is 31.6 Å². The van der Waals surface area contributed by atoms with Crippen LogP contribution < -0.4 is 5.32 Å². The molecule has 2 rings (SSSR count). The number of ether oxygens (including phenoxy) is 2. The summed E-state index contributed by atoms with van der Waals surface area (Å²) in [5.41, 5.74) is 1.52. The van der Waals surface area contributed by atoms with Crippen molar-refractivity contribution in [2.45, 2.75) is 25.6 Å². The number of nitrogens with zero attached hydrogens (tertiary/aromatic N) is 1. The zero-order valence-corrected chi connectivity index (χ0v) is 10.9. The summed E-state index contributed by atoms with van der Waals surface area (Å²) in [6.45, 7) is 1.96. The molecule has 1 heterocycles. The fourth-order valence-corrected chi connectivity index (χ4v) is 2.09. The van der Waals surface area contributed by atoms with E-state index in [1.165, 1.54) is 6.07 Å². The van der Waals surface area contributed by atoms with Crippen LogP contribution in [-0.4, -0.2) is 31.3 Å². The van der Waals surface area contributed by atoms with Crippen molar-refractivity contribution in [1.29, 1.82) is 0 Å². The van der Waals surface area contributed by atoms with E-state index in [0.29, 0.717) is 12.3 Å². The molecule has 19 heavy (non-hydrogen) atoms. The second kappa shape index (κ2) is 6.49. The van der Waals surface area contributed by atoms with Crippen molar-refractivity contribution < 1.29 is 14.4 Å². The highest BCUT2D eigenvalue weighted by Crippen LogP contribution is 2.25. The van der Waals surface area contributed by atoms with Crippen molar-refractivity contribution in [3.05, 3.63) is 33.9 Å². The second-order valence-corrected chi connectivity index (χ2v) is 4.48. The van der Waals surface area contributed by atoms with E-state index in [1.54, 1.807) is 19.2 Å². The lowest BCUT2D eigenvalue weighted by molar-refractivity contribution is -0.384. The number of hydrogen-bond acceptors (Lipinski definition) is 5. The first-order valence-corrected chi connectivity index (χ1v) is 6.35. The van der Waals surface area contributed by atoms with Crippen molar-refractivity contribution in [1.82, 2.24) is 0 Å². The summed E-state index contributed by atoms with van der Waals surface area (Å²) in [7, 11) is 1.67. The lowest BCUT2D eigenvalue weighted by Crippen LogP contribution is -2.23. The highest BCUT2D eigenvalue weighted by Gasteiger charge is 2.16. The van der Waals surface area contributed by atoms with Crippen LogP contribution in [0, 0.1) is 10.1 Å². The third kappa shape index (κ3) is 3.65. The van der Waals surface area contributed by atoms with Crippen molar-refractivity contribution >= 4 is 11.4 Å². The van der Waals surface area contributed by atoms with Crippen LogP contribution in [0.2, 0.25) is 0 Å². The molecule has 0 unspecified atom stereocenters. The first kappa shape index (κ1) is 13.8. The molecule has 1 N–H and O–H groups in total. The highest BCUT2D eigenvalue weighted by atomic mass is 16.6. The van der Waals surface area contributed by atoms with Gasteiger partial charge in [-0.1, -0.05) is 0 Å². The average molecular weight is 266 g/mol. The Balaban J connectivity index is 1.98. The molecule has 1 saturated heterocycles. The maximum absolute atomic E-state index is 10.8. The average Bonchev–Trinajstić information content (AvgIpc) is 2.45. The van der Waals surface area contributed by atoms with Crippen molar-refractivity contribution in [2.75, 3.05) is 25.6 Å². The minimum atomic E-state index is -0.394. The van der Waals surface area contributed by atoms with E-state index in [-0.39, 0.29) is 11.8 Å². The third-order valence-electron chi connectivity index (χ3n) is 3.18. The lowest BCUT2D eigenvalue weighted by atomic mass is 10.1. The van der Waals surface area contributed by atoms with Crippen LogP contribution in [0.3, 0.4) is 0 Å². The molecule has 0 spiro atoms. The van der Waals surface area contributed by atoms with Gasteiger partial charge < -0.3 is 14.8 Å². The Labute approximate surface area is 111 Å². The first-order chi connectivity index (χ1) is 9.20. The molecule has 0 saturated carbocycles. The Morgan fingerprint density at radius 3 is 2.84 bits per heavy atom. The van der Waals surface area contributed by atoms with Crippen LogP contribution >= 0.6 is 0 Å². The number of hydrogen-bond donors (Lipinski definition) is 1. The molecular weight excluding hydrogens is 248 g/mol. The van der Waals surface area contributed by atoms with Gasteiger partial charge in [0, 0.05) is 26.3 Å².